The summed E-state index contributed by atoms with van der Waals surface area (Å²) in [4.78, 5) is 17.6. The normalized spacial score (nSPS) is 10.3. The standard InChI is InChI=1S/C13H13Br2N3OS/c1-2-16-12-9(5-8(14)6-17-12)13(19)18-7-11-10(15)3-4-20-11/h3-6H,2,7H2,1H3,(H,16,17)(H,18,19). The van der Waals surface area contributed by atoms with Crippen LogP contribution in [-0.4, -0.2) is 17.4 Å². The first-order valence-corrected chi connectivity index (χ1v) is 8.48. The zero-order valence-corrected chi connectivity index (χ0v) is 14.7. The van der Waals surface area contributed by atoms with Gasteiger partial charge in [0.1, 0.15) is 5.82 Å². The van der Waals surface area contributed by atoms with Crippen molar-refractivity contribution < 1.29 is 4.79 Å². The third kappa shape index (κ3) is 3.80. The van der Waals surface area contributed by atoms with Crippen LogP contribution in [0.25, 0.3) is 0 Å². The Kier molecular flexibility index (Phi) is 5.56. The molecule has 7 heteroatoms. The summed E-state index contributed by atoms with van der Waals surface area (Å²) in [6.45, 7) is 3.18. The van der Waals surface area contributed by atoms with Crippen LogP contribution in [0, 0.1) is 0 Å². The Balaban J connectivity index is 2.12. The van der Waals surface area contributed by atoms with Crippen molar-refractivity contribution in [3.63, 3.8) is 0 Å². The summed E-state index contributed by atoms with van der Waals surface area (Å²) in [7, 11) is 0. The number of carbonyl (C=O) groups is 1. The highest BCUT2D eigenvalue weighted by Gasteiger charge is 2.13. The van der Waals surface area contributed by atoms with E-state index in [-0.39, 0.29) is 5.91 Å². The van der Waals surface area contributed by atoms with Crippen LogP contribution in [-0.2, 0) is 6.54 Å². The largest absolute Gasteiger partial charge is 0.370 e. The summed E-state index contributed by atoms with van der Waals surface area (Å²) in [6.07, 6.45) is 1.67. The van der Waals surface area contributed by atoms with E-state index >= 15 is 0 Å². The molecule has 2 aromatic rings. The molecule has 0 aliphatic rings. The number of aromatic nitrogens is 1. The van der Waals surface area contributed by atoms with Gasteiger partial charge in [0.25, 0.3) is 5.91 Å². The molecule has 2 heterocycles. The van der Waals surface area contributed by atoms with Crippen LogP contribution in [0.2, 0.25) is 0 Å². The molecule has 0 atom stereocenters. The molecule has 106 valence electrons. The number of thiophene rings is 1. The molecule has 4 nitrogen and oxygen atoms in total. The highest BCUT2D eigenvalue weighted by molar-refractivity contribution is 9.10. The summed E-state index contributed by atoms with van der Waals surface area (Å²) in [5.74, 6) is 0.452. The molecule has 0 bridgehead atoms. The highest BCUT2D eigenvalue weighted by Crippen LogP contribution is 2.23. The topological polar surface area (TPSA) is 54.0 Å². The minimum atomic E-state index is -0.143. The van der Waals surface area contributed by atoms with E-state index in [2.05, 4.69) is 47.5 Å². The number of rotatable bonds is 5. The van der Waals surface area contributed by atoms with E-state index in [1.807, 2.05) is 18.4 Å². The molecule has 0 radical (unpaired) electrons. The van der Waals surface area contributed by atoms with Gasteiger partial charge in [0.05, 0.1) is 12.1 Å². The van der Waals surface area contributed by atoms with Crippen LogP contribution in [0.15, 0.2) is 32.7 Å². The van der Waals surface area contributed by atoms with Crippen molar-refractivity contribution in [1.29, 1.82) is 0 Å². The molecule has 0 aromatic carbocycles. The summed E-state index contributed by atoms with van der Waals surface area (Å²) in [5, 5.41) is 7.98. The molecule has 0 aliphatic heterocycles. The Morgan fingerprint density at radius 3 is 2.90 bits per heavy atom. The second-order valence-electron chi connectivity index (χ2n) is 3.95. The van der Waals surface area contributed by atoms with Crippen molar-refractivity contribution in [2.75, 3.05) is 11.9 Å². The summed E-state index contributed by atoms with van der Waals surface area (Å²) in [6, 6.07) is 3.74. The minimum Gasteiger partial charge on any atom is -0.370 e. The van der Waals surface area contributed by atoms with Crippen molar-refractivity contribution in [3.05, 3.63) is 43.1 Å². The number of hydrogen-bond donors (Lipinski definition) is 2. The molecule has 0 unspecified atom stereocenters. The van der Waals surface area contributed by atoms with Crippen molar-refractivity contribution in [2.24, 2.45) is 0 Å². The lowest BCUT2D eigenvalue weighted by Gasteiger charge is -2.10. The molecule has 0 fully saturated rings. The van der Waals surface area contributed by atoms with E-state index < -0.39 is 0 Å². The molecular formula is C13H13Br2N3OS. The molecule has 20 heavy (non-hydrogen) atoms. The average Bonchev–Trinajstić information content (AvgIpc) is 2.84. The lowest BCUT2D eigenvalue weighted by molar-refractivity contribution is 0.0951. The predicted molar refractivity (Wildman–Crippen MR) is 89.3 cm³/mol. The van der Waals surface area contributed by atoms with Crippen molar-refractivity contribution in [3.8, 4) is 0 Å². The average molecular weight is 419 g/mol. The zero-order valence-electron chi connectivity index (χ0n) is 10.7. The summed E-state index contributed by atoms with van der Waals surface area (Å²) >= 11 is 8.39. The molecule has 2 aromatic heterocycles. The second kappa shape index (κ2) is 7.19. The Morgan fingerprint density at radius 2 is 2.25 bits per heavy atom. The fraction of sp³-hybridized carbons (Fsp3) is 0.231. The van der Waals surface area contributed by atoms with E-state index in [1.54, 1.807) is 23.6 Å². The number of carbonyl (C=O) groups excluding carboxylic acids is 1. The van der Waals surface area contributed by atoms with Gasteiger partial charge in [-0.15, -0.1) is 11.3 Å². The van der Waals surface area contributed by atoms with Gasteiger partial charge in [0, 0.05) is 26.6 Å². The number of pyridine rings is 1. The maximum absolute atomic E-state index is 12.3. The molecule has 2 N–H and O–H groups in total. The number of anilines is 1. The Hall–Kier alpha value is -0.920. The first-order chi connectivity index (χ1) is 9.61. The van der Waals surface area contributed by atoms with Crippen LogP contribution >= 0.6 is 43.2 Å². The Labute approximate surface area is 138 Å². The second-order valence-corrected chi connectivity index (χ2v) is 6.73. The van der Waals surface area contributed by atoms with Gasteiger partial charge >= 0.3 is 0 Å². The van der Waals surface area contributed by atoms with E-state index in [0.717, 1.165) is 13.8 Å². The zero-order chi connectivity index (χ0) is 14.5. The first-order valence-electron chi connectivity index (χ1n) is 6.01. The predicted octanol–water partition coefficient (Wildman–Crippen LogP) is 4.03. The quantitative estimate of drug-likeness (QED) is 0.770. The molecular weight excluding hydrogens is 406 g/mol. The van der Waals surface area contributed by atoms with Gasteiger partial charge in [0.15, 0.2) is 0 Å². The molecule has 0 spiro atoms. The molecule has 1 amide bonds. The number of nitrogens with one attached hydrogen (secondary N) is 2. The van der Waals surface area contributed by atoms with Gasteiger partial charge in [0.2, 0.25) is 0 Å². The lowest BCUT2D eigenvalue weighted by atomic mass is 10.2. The van der Waals surface area contributed by atoms with E-state index in [4.69, 9.17) is 0 Å². The van der Waals surface area contributed by atoms with Gasteiger partial charge in [-0.25, -0.2) is 4.98 Å². The van der Waals surface area contributed by atoms with Crippen LogP contribution in [0.4, 0.5) is 5.82 Å². The number of nitrogens with zero attached hydrogens (tertiary/aromatic N) is 1. The van der Waals surface area contributed by atoms with E-state index in [9.17, 15) is 4.79 Å². The third-order valence-corrected chi connectivity index (χ3v) is 4.90. The fourth-order valence-electron chi connectivity index (χ4n) is 1.63. The lowest BCUT2D eigenvalue weighted by Crippen LogP contribution is -2.24. The van der Waals surface area contributed by atoms with Gasteiger partial charge in [-0.2, -0.15) is 0 Å². The number of halogens is 2. The number of hydrogen-bond acceptors (Lipinski definition) is 4. The Bertz CT molecular complexity index is 615. The summed E-state index contributed by atoms with van der Waals surface area (Å²) in [5.41, 5.74) is 0.536. The third-order valence-electron chi connectivity index (χ3n) is 2.54. The van der Waals surface area contributed by atoms with E-state index in [0.29, 0.717) is 24.5 Å². The van der Waals surface area contributed by atoms with E-state index in [1.165, 1.54) is 0 Å². The van der Waals surface area contributed by atoms with Crippen LogP contribution in [0.5, 0.6) is 0 Å². The van der Waals surface area contributed by atoms with Crippen molar-refractivity contribution in [1.82, 2.24) is 10.3 Å². The van der Waals surface area contributed by atoms with Gasteiger partial charge < -0.3 is 10.6 Å². The number of amides is 1. The maximum Gasteiger partial charge on any atom is 0.255 e. The van der Waals surface area contributed by atoms with Gasteiger partial charge in [-0.3, -0.25) is 4.79 Å². The summed E-state index contributed by atoms with van der Waals surface area (Å²) < 4.78 is 1.80. The SMILES string of the molecule is CCNc1ncc(Br)cc1C(=O)NCc1sccc1Br. The Morgan fingerprint density at radius 1 is 1.45 bits per heavy atom. The smallest absolute Gasteiger partial charge is 0.255 e. The van der Waals surface area contributed by atoms with Gasteiger partial charge in [-0.1, -0.05) is 0 Å². The molecule has 2 rings (SSSR count). The highest BCUT2D eigenvalue weighted by atomic mass is 79.9. The fourth-order valence-corrected chi connectivity index (χ4v) is 3.39. The molecule has 0 saturated heterocycles. The monoisotopic (exact) mass is 417 g/mol. The van der Waals surface area contributed by atoms with Crippen molar-refractivity contribution >= 4 is 54.9 Å². The van der Waals surface area contributed by atoms with Crippen LogP contribution < -0.4 is 10.6 Å². The minimum absolute atomic E-state index is 0.143. The van der Waals surface area contributed by atoms with Gasteiger partial charge in [-0.05, 0) is 56.3 Å². The maximum atomic E-state index is 12.3. The molecule has 0 saturated carbocycles. The molecule has 0 aliphatic carbocycles. The first kappa shape index (κ1) is 15.5. The van der Waals surface area contributed by atoms with Crippen LogP contribution in [0.1, 0.15) is 22.2 Å². The van der Waals surface area contributed by atoms with Crippen LogP contribution in [0.3, 0.4) is 0 Å². The van der Waals surface area contributed by atoms with Crippen molar-refractivity contribution in [2.45, 2.75) is 13.5 Å².